The summed E-state index contributed by atoms with van der Waals surface area (Å²) in [6.45, 7) is 1.86. The van der Waals surface area contributed by atoms with E-state index in [9.17, 15) is 9.90 Å². The lowest BCUT2D eigenvalue weighted by Crippen LogP contribution is -2.28. The molecule has 2 aliphatic rings. The summed E-state index contributed by atoms with van der Waals surface area (Å²) >= 11 is 0. The standard InChI is InChI=1S/C27H25N7O3/c1-29-27(36)37-15-21-13-32(14-25(21)35)22-6-7-23-20(8-22)12-33-11-19(18-4-2-17(10-28)3-5-18)9-24(33)26-31-30-16-34(23)26/h2-9,11,16,21,25,35H,12-15H2,1H3,(H,29,36)/t21-,25+/m0/s1. The smallest absolute Gasteiger partial charge is 0.406 e. The summed E-state index contributed by atoms with van der Waals surface area (Å²) in [5.74, 6) is 0.598. The molecule has 10 heteroatoms. The van der Waals surface area contributed by atoms with Crippen LogP contribution in [-0.4, -0.2) is 63.4 Å². The number of alkyl carbamates (subject to hydrolysis) is 1. The van der Waals surface area contributed by atoms with Crippen LogP contribution in [0.15, 0.2) is 61.1 Å². The van der Waals surface area contributed by atoms with Gasteiger partial charge in [0.15, 0.2) is 5.82 Å². The van der Waals surface area contributed by atoms with Crippen LogP contribution < -0.4 is 10.2 Å². The second-order valence-corrected chi connectivity index (χ2v) is 9.35. The fourth-order valence-electron chi connectivity index (χ4n) is 5.11. The highest BCUT2D eigenvalue weighted by atomic mass is 16.5. The summed E-state index contributed by atoms with van der Waals surface area (Å²) in [5, 5.41) is 30.7. The minimum absolute atomic E-state index is 0.161. The van der Waals surface area contributed by atoms with Crippen LogP contribution >= 0.6 is 0 Å². The number of aromatic nitrogens is 4. The quantitative estimate of drug-likeness (QED) is 0.393. The summed E-state index contributed by atoms with van der Waals surface area (Å²) in [6.07, 6.45) is 2.75. The molecule has 0 aliphatic carbocycles. The van der Waals surface area contributed by atoms with Gasteiger partial charge in [-0.05, 0) is 47.5 Å². The maximum Gasteiger partial charge on any atom is 0.406 e. The van der Waals surface area contributed by atoms with Gasteiger partial charge in [-0.3, -0.25) is 4.57 Å². The van der Waals surface area contributed by atoms with Crippen molar-refractivity contribution in [2.75, 3.05) is 31.6 Å². The molecule has 0 spiro atoms. The van der Waals surface area contributed by atoms with Crippen LogP contribution in [0.4, 0.5) is 10.5 Å². The molecule has 37 heavy (non-hydrogen) atoms. The molecule has 10 nitrogen and oxygen atoms in total. The van der Waals surface area contributed by atoms with Gasteiger partial charge in [0.2, 0.25) is 0 Å². The Morgan fingerprint density at radius 3 is 2.81 bits per heavy atom. The van der Waals surface area contributed by atoms with E-state index in [0.29, 0.717) is 25.2 Å². The van der Waals surface area contributed by atoms with Crippen LogP contribution in [-0.2, 0) is 11.3 Å². The molecule has 1 amide bonds. The molecule has 4 aromatic rings. The maximum absolute atomic E-state index is 11.5. The molecular formula is C27H25N7O3. The fraction of sp³-hybridized carbons (Fsp3) is 0.259. The van der Waals surface area contributed by atoms with Crippen LogP contribution in [0.2, 0.25) is 0 Å². The number of fused-ring (bicyclic) bond motifs is 5. The fourth-order valence-corrected chi connectivity index (χ4v) is 5.11. The van der Waals surface area contributed by atoms with Gasteiger partial charge < -0.3 is 24.6 Å². The molecule has 4 heterocycles. The second-order valence-electron chi connectivity index (χ2n) is 9.35. The van der Waals surface area contributed by atoms with Crippen molar-refractivity contribution in [3.05, 3.63) is 72.2 Å². The van der Waals surface area contributed by atoms with E-state index < -0.39 is 12.2 Å². The molecule has 186 valence electrons. The summed E-state index contributed by atoms with van der Waals surface area (Å²) in [7, 11) is 1.51. The van der Waals surface area contributed by atoms with E-state index in [0.717, 1.165) is 39.6 Å². The zero-order chi connectivity index (χ0) is 25.5. The van der Waals surface area contributed by atoms with Gasteiger partial charge in [-0.15, -0.1) is 10.2 Å². The number of amides is 1. The number of carbonyl (C=O) groups is 1. The van der Waals surface area contributed by atoms with Gasteiger partial charge in [0.1, 0.15) is 12.9 Å². The van der Waals surface area contributed by atoms with Crippen molar-refractivity contribution < 1.29 is 14.6 Å². The highest BCUT2D eigenvalue weighted by molar-refractivity contribution is 5.72. The minimum Gasteiger partial charge on any atom is -0.449 e. The van der Waals surface area contributed by atoms with Crippen LogP contribution in [0.5, 0.6) is 0 Å². The molecule has 2 N–H and O–H groups in total. The van der Waals surface area contributed by atoms with Crippen LogP contribution in [0, 0.1) is 17.2 Å². The normalized spacial score (nSPS) is 17.8. The van der Waals surface area contributed by atoms with Crippen molar-refractivity contribution in [3.63, 3.8) is 0 Å². The number of ether oxygens (including phenoxy) is 1. The number of β-amino-alcohol motifs (C(OH)–C–C–N with tert-alkyl or cyclic N) is 1. The van der Waals surface area contributed by atoms with Crippen LogP contribution in [0.3, 0.4) is 0 Å². The lowest BCUT2D eigenvalue weighted by Gasteiger charge is -2.20. The number of hydrogen-bond acceptors (Lipinski definition) is 7. The molecule has 0 saturated carbocycles. The first-order valence-electron chi connectivity index (χ1n) is 12.1. The molecule has 1 saturated heterocycles. The summed E-state index contributed by atoms with van der Waals surface area (Å²) < 4.78 is 9.35. The van der Waals surface area contributed by atoms with Crippen LogP contribution in [0.25, 0.3) is 28.3 Å². The summed E-state index contributed by atoms with van der Waals surface area (Å²) in [4.78, 5) is 13.6. The number of anilines is 1. The van der Waals surface area contributed by atoms with Crippen molar-refractivity contribution in [2.24, 2.45) is 5.92 Å². The average molecular weight is 496 g/mol. The van der Waals surface area contributed by atoms with Gasteiger partial charge in [-0.25, -0.2) is 4.79 Å². The third-order valence-corrected chi connectivity index (χ3v) is 7.09. The molecule has 2 atom stereocenters. The first-order valence-corrected chi connectivity index (χ1v) is 12.1. The number of carbonyl (C=O) groups excluding carboxylic acids is 1. The highest BCUT2D eigenvalue weighted by Gasteiger charge is 2.33. The van der Waals surface area contributed by atoms with E-state index in [-0.39, 0.29) is 12.5 Å². The topological polar surface area (TPSA) is 121 Å². The highest BCUT2D eigenvalue weighted by Crippen LogP contribution is 2.35. The predicted molar refractivity (Wildman–Crippen MR) is 136 cm³/mol. The van der Waals surface area contributed by atoms with Crippen molar-refractivity contribution in [1.29, 1.82) is 5.26 Å². The average Bonchev–Trinajstić information content (AvgIpc) is 3.64. The SMILES string of the molecule is CNC(=O)OC[C@@H]1CN(c2ccc3c(c2)Cn2cc(-c4ccc(C#N)cc4)cc2-c2nncn2-3)C[C@H]1O. The summed E-state index contributed by atoms with van der Waals surface area (Å²) in [5.41, 5.74) is 6.74. The molecule has 0 bridgehead atoms. The number of nitrogens with zero attached hydrogens (tertiary/aromatic N) is 6. The van der Waals surface area contributed by atoms with Crippen molar-refractivity contribution in [2.45, 2.75) is 12.6 Å². The molecule has 6 rings (SSSR count). The van der Waals surface area contributed by atoms with E-state index in [1.807, 2.05) is 34.9 Å². The molecule has 2 aliphatic heterocycles. The Hall–Kier alpha value is -4.62. The largest absolute Gasteiger partial charge is 0.449 e. The Morgan fingerprint density at radius 1 is 1.19 bits per heavy atom. The number of nitrogens with one attached hydrogen (secondary N) is 1. The molecule has 0 unspecified atom stereocenters. The van der Waals surface area contributed by atoms with Gasteiger partial charge in [0.05, 0.1) is 29.1 Å². The zero-order valence-corrected chi connectivity index (χ0v) is 20.2. The number of benzene rings is 2. The van der Waals surface area contributed by atoms with E-state index in [1.165, 1.54) is 7.05 Å². The van der Waals surface area contributed by atoms with Gasteiger partial charge in [-0.2, -0.15) is 5.26 Å². The van der Waals surface area contributed by atoms with Crippen molar-refractivity contribution >= 4 is 11.8 Å². The lowest BCUT2D eigenvalue weighted by molar-refractivity contribution is 0.0816. The summed E-state index contributed by atoms with van der Waals surface area (Å²) in [6, 6.07) is 18.0. The monoisotopic (exact) mass is 495 g/mol. The Kier molecular flexibility index (Phi) is 5.62. The number of nitriles is 1. The Labute approximate surface area is 213 Å². The molecule has 2 aromatic heterocycles. The van der Waals surface area contributed by atoms with Crippen molar-refractivity contribution in [1.82, 2.24) is 24.6 Å². The number of aliphatic hydroxyl groups is 1. The van der Waals surface area contributed by atoms with Gasteiger partial charge in [0.25, 0.3) is 0 Å². The van der Waals surface area contributed by atoms with Gasteiger partial charge >= 0.3 is 6.09 Å². The Morgan fingerprint density at radius 2 is 2.03 bits per heavy atom. The maximum atomic E-state index is 11.5. The van der Waals surface area contributed by atoms with E-state index in [2.05, 4.69) is 55.4 Å². The number of hydrogen-bond donors (Lipinski definition) is 2. The first kappa shape index (κ1) is 22.8. The lowest BCUT2D eigenvalue weighted by atomic mass is 10.1. The molecular weight excluding hydrogens is 470 g/mol. The van der Waals surface area contributed by atoms with Crippen molar-refractivity contribution in [3.8, 4) is 34.4 Å². The Bertz CT molecular complexity index is 1520. The second kappa shape index (κ2) is 9.11. The number of rotatable bonds is 4. The van der Waals surface area contributed by atoms with E-state index in [4.69, 9.17) is 10.00 Å². The third kappa shape index (κ3) is 4.09. The predicted octanol–water partition coefficient (Wildman–Crippen LogP) is 2.79. The molecule has 1 fully saturated rings. The van der Waals surface area contributed by atoms with Crippen LogP contribution in [0.1, 0.15) is 11.1 Å². The minimum atomic E-state index is -0.584. The third-order valence-electron chi connectivity index (χ3n) is 7.09. The number of aliphatic hydroxyl groups excluding tert-OH is 1. The van der Waals surface area contributed by atoms with Gasteiger partial charge in [-0.1, -0.05) is 12.1 Å². The molecule has 0 radical (unpaired) electrons. The first-order chi connectivity index (χ1) is 18.0. The zero-order valence-electron chi connectivity index (χ0n) is 20.2. The Balaban J connectivity index is 1.31. The van der Waals surface area contributed by atoms with E-state index in [1.54, 1.807) is 6.33 Å². The van der Waals surface area contributed by atoms with E-state index >= 15 is 0 Å². The van der Waals surface area contributed by atoms with Gasteiger partial charge in [0, 0.05) is 50.0 Å². The molecule has 2 aromatic carbocycles.